The molecule has 0 radical (unpaired) electrons. The van der Waals surface area contributed by atoms with Crippen molar-refractivity contribution in [2.75, 3.05) is 6.54 Å². The minimum absolute atomic E-state index is 0.0941. The summed E-state index contributed by atoms with van der Waals surface area (Å²) in [4.78, 5) is 5.07. The van der Waals surface area contributed by atoms with E-state index >= 15 is 0 Å². The zero-order valence-corrected chi connectivity index (χ0v) is 13.6. The third-order valence-corrected chi connectivity index (χ3v) is 4.70. The Kier molecular flexibility index (Phi) is 4.03. The van der Waals surface area contributed by atoms with Gasteiger partial charge in [-0.25, -0.2) is 4.98 Å². The molecule has 21 heavy (non-hydrogen) atoms. The Labute approximate surface area is 127 Å². The third-order valence-electron chi connectivity index (χ3n) is 4.70. The van der Waals surface area contributed by atoms with Crippen molar-refractivity contribution in [1.29, 1.82) is 0 Å². The maximum Gasteiger partial charge on any atom is 0.130 e. The fourth-order valence-electron chi connectivity index (χ4n) is 3.80. The molecule has 0 amide bonds. The second-order valence-electron chi connectivity index (χ2n) is 6.44. The summed E-state index contributed by atoms with van der Waals surface area (Å²) >= 11 is 0. The van der Waals surface area contributed by atoms with E-state index in [1.165, 1.54) is 42.6 Å². The number of aryl methyl sites for hydroxylation is 2. The lowest BCUT2D eigenvalue weighted by atomic mass is 9.91. The molecule has 2 heterocycles. The first-order chi connectivity index (χ1) is 10.2. The number of fused-ring (bicyclic) bond motifs is 1. The van der Waals surface area contributed by atoms with Crippen molar-refractivity contribution >= 4 is 11.0 Å². The predicted molar refractivity (Wildman–Crippen MR) is 88.6 cm³/mol. The van der Waals surface area contributed by atoms with E-state index in [0.717, 1.165) is 25.0 Å². The van der Waals surface area contributed by atoms with Crippen molar-refractivity contribution in [2.24, 2.45) is 0 Å². The van der Waals surface area contributed by atoms with Crippen molar-refractivity contribution < 1.29 is 0 Å². The molecule has 114 valence electrons. The van der Waals surface area contributed by atoms with Gasteiger partial charge in [0.05, 0.1) is 16.6 Å². The molecule has 2 aromatic rings. The van der Waals surface area contributed by atoms with Crippen LogP contribution in [-0.4, -0.2) is 16.1 Å². The highest BCUT2D eigenvalue weighted by molar-refractivity contribution is 5.77. The third kappa shape index (κ3) is 2.48. The summed E-state index contributed by atoms with van der Waals surface area (Å²) < 4.78 is 2.46. The van der Waals surface area contributed by atoms with Crippen LogP contribution in [0.4, 0.5) is 0 Å². The quantitative estimate of drug-likeness (QED) is 0.895. The number of nitrogens with one attached hydrogen (secondary N) is 1. The maximum atomic E-state index is 5.07. The monoisotopic (exact) mass is 285 g/mol. The molecule has 1 atom stereocenters. The molecule has 0 saturated carbocycles. The average molecular weight is 285 g/mol. The molecular weight excluding hydrogens is 258 g/mol. The summed E-state index contributed by atoms with van der Waals surface area (Å²) in [6.45, 7) is 8.85. The van der Waals surface area contributed by atoms with Crippen molar-refractivity contribution in [3.8, 4) is 0 Å². The summed E-state index contributed by atoms with van der Waals surface area (Å²) in [5, 5.41) is 3.78. The summed E-state index contributed by atoms with van der Waals surface area (Å²) in [5.41, 5.74) is 3.83. The SMILES string of the molecule is CCCn1c(C2(CCC)CCCN2)nc2cc(C)ccc21. The molecule has 1 N–H and O–H groups in total. The number of benzene rings is 1. The van der Waals surface area contributed by atoms with Crippen LogP contribution in [0.25, 0.3) is 11.0 Å². The first-order valence-corrected chi connectivity index (χ1v) is 8.42. The molecule has 1 unspecified atom stereocenters. The van der Waals surface area contributed by atoms with E-state index in [0.29, 0.717) is 0 Å². The molecule has 1 aliphatic rings. The van der Waals surface area contributed by atoms with E-state index in [1.54, 1.807) is 0 Å². The highest BCUT2D eigenvalue weighted by Gasteiger charge is 2.38. The minimum Gasteiger partial charge on any atom is -0.326 e. The van der Waals surface area contributed by atoms with Gasteiger partial charge in [0.1, 0.15) is 5.82 Å². The van der Waals surface area contributed by atoms with Gasteiger partial charge in [-0.1, -0.05) is 26.3 Å². The number of hydrogen-bond donors (Lipinski definition) is 1. The van der Waals surface area contributed by atoms with Gasteiger partial charge in [-0.2, -0.15) is 0 Å². The van der Waals surface area contributed by atoms with E-state index in [2.05, 4.69) is 48.9 Å². The van der Waals surface area contributed by atoms with Gasteiger partial charge >= 0.3 is 0 Å². The fraction of sp³-hybridized carbons (Fsp3) is 0.611. The predicted octanol–water partition coefficient (Wildman–Crippen LogP) is 4.13. The van der Waals surface area contributed by atoms with Gasteiger partial charge < -0.3 is 9.88 Å². The second-order valence-corrected chi connectivity index (χ2v) is 6.44. The molecule has 1 saturated heterocycles. The number of aromatic nitrogens is 2. The zero-order chi connectivity index (χ0) is 14.9. The maximum absolute atomic E-state index is 5.07. The smallest absolute Gasteiger partial charge is 0.130 e. The van der Waals surface area contributed by atoms with Crippen LogP contribution in [0.3, 0.4) is 0 Å². The lowest BCUT2D eigenvalue weighted by Crippen LogP contribution is -2.39. The normalized spacial score (nSPS) is 22.2. The van der Waals surface area contributed by atoms with E-state index in [9.17, 15) is 0 Å². The van der Waals surface area contributed by atoms with Crippen molar-refractivity contribution in [1.82, 2.24) is 14.9 Å². The minimum atomic E-state index is 0.0941. The van der Waals surface area contributed by atoms with E-state index in [-0.39, 0.29) is 5.54 Å². The van der Waals surface area contributed by atoms with Crippen LogP contribution in [-0.2, 0) is 12.1 Å². The Hall–Kier alpha value is -1.35. The van der Waals surface area contributed by atoms with Crippen LogP contribution >= 0.6 is 0 Å². The van der Waals surface area contributed by atoms with Crippen LogP contribution in [0.1, 0.15) is 57.3 Å². The van der Waals surface area contributed by atoms with E-state index in [1.807, 2.05) is 0 Å². The number of nitrogens with zero attached hydrogens (tertiary/aromatic N) is 2. The molecule has 1 aromatic heterocycles. The first kappa shape index (κ1) is 14.6. The highest BCUT2D eigenvalue weighted by Crippen LogP contribution is 2.36. The summed E-state index contributed by atoms with van der Waals surface area (Å²) in [7, 11) is 0. The molecule has 0 bridgehead atoms. The van der Waals surface area contributed by atoms with E-state index in [4.69, 9.17) is 4.98 Å². The van der Waals surface area contributed by atoms with Crippen LogP contribution in [0.2, 0.25) is 0 Å². The molecule has 1 fully saturated rings. The number of hydrogen-bond acceptors (Lipinski definition) is 2. The van der Waals surface area contributed by atoms with E-state index < -0.39 is 0 Å². The van der Waals surface area contributed by atoms with Gasteiger partial charge in [-0.15, -0.1) is 0 Å². The molecule has 0 aliphatic carbocycles. The molecule has 3 rings (SSSR count). The van der Waals surface area contributed by atoms with Gasteiger partial charge in [0.15, 0.2) is 0 Å². The topological polar surface area (TPSA) is 29.9 Å². The Morgan fingerprint density at radius 3 is 2.81 bits per heavy atom. The Morgan fingerprint density at radius 2 is 2.14 bits per heavy atom. The fourth-order valence-corrected chi connectivity index (χ4v) is 3.80. The number of rotatable bonds is 5. The molecule has 1 aliphatic heterocycles. The first-order valence-electron chi connectivity index (χ1n) is 8.42. The summed E-state index contributed by atoms with van der Waals surface area (Å²) in [5.74, 6) is 1.27. The zero-order valence-electron chi connectivity index (χ0n) is 13.6. The van der Waals surface area contributed by atoms with Gasteiger partial charge in [0, 0.05) is 6.54 Å². The van der Waals surface area contributed by atoms with Crippen molar-refractivity contribution in [2.45, 2.75) is 65.0 Å². The Morgan fingerprint density at radius 1 is 1.29 bits per heavy atom. The molecule has 3 nitrogen and oxygen atoms in total. The molecule has 0 spiro atoms. The Bertz CT molecular complexity index is 621. The molecule has 3 heteroatoms. The van der Waals surface area contributed by atoms with Gasteiger partial charge in [0.25, 0.3) is 0 Å². The van der Waals surface area contributed by atoms with Gasteiger partial charge in [0.2, 0.25) is 0 Å². The average Bonchev–Trinajstić information content (AvgIpc) is 3.06. The van der Waals surface area contributed by atoms with Crippen LogP contribution < -0.4 is 5.32 Å². The van der Waals surface area contributed by atoms with Crippen LogP contribution in [0.15, 0.2) is 18.2 Å². The van der Waals surface area contributed by atoms with Gasteiger partial charge in [-0.05, 0) is 56.8 Å². The Balaban J connectivity index is 2.17. The largest absolute Gasteiger partial charge is 0.326 e. The summed E-state index contributed by atoms with van der Waals surface area (Å²) in [6, 6.07) is 6.67. The van der Waals surface area contributed by atoms with Gasteiger partial charge in [-0.3, -0.25) is 0 Å². The van der Waals surface area contributed by atoms with Crippen LogP contribution in [0, 0.1) is 6.92 Å². The highest BCUT2D eigenvalue weighted by atomic mass is 15.2. The molecule has 1 aromatic carbocycles. The van der Waals surface area contributed by atoms with Crippen molar-refractivity contribution in [3.63, 3.8) is 0 Å². The number of imidazole rings is 1. The lowest BCUT2D eigenvalue weighted by Gasteiger charge is -2.29. The van der Waals surface area contributed by atoms with Crippen molar-refractivity contribution in [3.05, 3.63) is 29.6 Å². The lowest BCUT2D eigenvalue weighted by molar-refractivity contribution is 0.322. The van der Waals surface area contributed by atoms with Crippen LogP contribution in [0.5, 0.6) is 0 Å². The standard InChI is InChI=1S/C18H27N3/c1-4-9-18(10-6-11-19-18)17-20-15-13-14(3)7-8-16(15)21(17)12-5-2/h7-8,13,19H,4-6,9-12H2,1-3H3. The second kappa shape index (κ2) is 5.80. The summed E-state index contributed by atoms with van der Waals surface area (Å²) in [6.07, 6.45) is 6.00. The molecular formula is C18H27N3.